The molecule has 2 saturated carbocycles. The summed E-state index contributed by atoms with van der Waals surface area (Å²) < 4.78 is 0. The predicted molar refractivity (Wildman–Crippen MR) is 169 cm³/mol. The Morgan fingerprint density at radius 3 is 2.16 bits per heavy atom. The molecule has 2 N–H and O–H groups in total. The van der Waals surface area contributed by atoms with Crippen LogP contribution in [0.15, 0.2) is 48.5 Å². The monoisotopic (exact) mass is 586 g/mol. The number of amides is 4. The highest BCUT2D eigenvalue weighted by atomic mass is 16.2. The van der Waals surface area contributed by atoms with E-state index in [1.165, 1.54) is 12.8 Å². The lowest BCUT2D eigenvalue weighted by atomic mass is 9.87. The Morgan fingerprint density at radius 1 is 0.767 bits per heavy atom. The maximum atomic E-state index is 13.1. The molecule has 4 amide bonds. The molecule has 43 heavy (non-hydrogen) atoms. The lowest BCUT2D eigenvalue weighted by Gasteiger charge is -2.35. The van der Waals surface area contributed by atoms with Gasteiger partial charge in [0.15, 0.2) is 0 Å². The largest absolute Gasteiger partial charge is 0.342 e. The Bertz CT molecular complexity index is 1280. The lowest BCUT2D eigenvalue weighted by molar-refractivity contribution is -0.139. The predicted octanol–water partition coefficient (Wildman–Crippen LogP) is 6.03. The number of anilines is 2. The first-order valence-electron chi connectivity index (χ1n) is 16.2. The van der Waals surface area contributed by atoms with Gasteiger partial charge in [0.1, 0.15) is 0 Å². The molecule has 230 valence electrons. The fourth-order valence-electron chi connectivity index (χ4n) is 6.91. The van der Waals surface area contributed by atoms with E-state index in [2.05, 4.69) is 10.6 Å². The van der Waals surface area contributed by atoms with E-state index in [1.807, 2.05) is 41.1 Å². The quantitative estimate of drug-likeness (QED) is 0.395. The normalized spacial score (nSPS) is 19.8. The molecule has 3 fully saturated rings. The summed E-state index contributed by atoms with van der Waals surface area (Å²) in [6, 6.07) is 14.7. The summed E-state index contributed by atoms with van der Waals surface area (Å²) >= 11 is 0. The van der Waals surface area contributed by atoms with Crippen molar-refractivity contribution in [3.8, 4) is 0 Å². The van der Waals surface area contributed by atoms with Crippen LogP contribution >= 0.6 is 0 Å². The highest BCUT2D eigenvalue weighted by Gasteiger charge is 2.32. The first kappa shape index (κ1) is 30.8. The van der Waals surface area contributed by atoms with Gasteiger partial charge in [0, 0.05) is 49.0 Å². The van der Waals surface area contributed by atoms with Gasteiger partial charge >= 0.3 is 0 Å². The molecule has 1 unspecified atom stereocenters. The van der Waals surface area contributed by atoms with Gasteiger partial charge < -0.3 is 20.4 Å². The lowest BCUT2D eigenvalue weighted by Crippen LogP contribution is -2.46. The molecule has 1 aliphatic heterocycles. The number of carbonyl (C=O) groups is 4. The van der Waals surface area contributed by atoms with Crippen molar-refractivity contribution in [3.63, 3.8) is 0 Å². The maximum absolute atomic E-state index is 13.1. The second-order valence-corrected chi connectivity index (χ2v) is 12.7. The van der Waals surface area contributed by atoms with E-state index >= 15 is 0 Å². The molecule has 0 radical (unpaired) electrons. The van der Waals surface area contributed by atoms with Crippen LogP contribution < -0.4 is 10.6 Å². The Kier molecular flexibility index (Phi) is 10.5. The van der Waals surface area contributed by atoms with Crippen molar-refractivity contribution >= 4 is 35.0 Å². The van der Waals surface area contributed by atoms with Crippen LogP contribution in [-0.4, -0.2) is 59.6 Å². The minimum Gasteiger partial charge on any atom is -0.342 e. The number of likely N-dealkylation sites (tertiary alicyclic amines) is 1. The fourth-order valence-corrected chi connectivity index (χ4v) is 6.91. The fraction of sp³-hybridized carbons (Fsp3) is 0.543. The summed E-state index contributed by atoms with van der Waals surface area (Å²) in [5.74, 6) is -0.110. The third-order valence-corrected chi connectivity index (χ3v) is 9.48. The van der Waals surface area contributed by atoms with Crippen LogP contribution in [0.25, 0.3) is 0 Å². The molecule has 3 aliphatic rings. The first-order valence-corrected chi connectivity index (χ1v) is 16.2. The summed E-state index contributed by atoms with van der Waals surface area (Å²) in [5.41, 5.74) is 2.67. The zero-order valence-corrected chi connectivity index (χ0v) is 25.5. The second-order valence-electron chi connectivity index (χ2n) is 12.7. The van der Waals surface area contributed by atoms with E-state index in [4.69, 9.17) is 0 Å². The van der Waals surface area contributed by atoms with Gasteiger partial charge in [-0.1, -0.05) is 56.7 Å². The van der Waals surface area contributed by atoms with Crippen LogP contribution in [0.2, 0.25) is 0 Å². The smallest absolute Gasteiger partial charge is 0.253 e. The maximum Gasteiger partial charge on any atom is 0.253 e. The van der Waals surface area contributed by atoms with Crippen molar-refractivity contribution in [2.45, 2.75) is 89.5 Å². The van der Waals surface area contributed by atoms with Crippen LogP contribution in [0.1, 0.15) is 93.0 Å². The minimum atomic E-state index is -0.211. The first-order chi connectivity index (χ1) is 20.9. The van der Waals surface area contributed by atoms with Gasteiger partial charge in [0.05, 0.1) is 12.3 Å². The van der Waals surface area contributed by atoms with Gasteiger partial charge in [-0.3, -0.25) is 19.2 Å². The molecule has 1 atom stereocenters. The van der Waals surface area contributed by atoms with Crippen LogP contribution in [0.4, 0.5) is 11.4 Å². The van der Waals surface area contributed by atoms with E-state index in [-0.39, 0.29) is 47.9 Å². The summed E-state index contributed by atoms with van der Waals surface area (Å²) in [5, 5.41) is 5.93. The summed E-state index contributed by atoms with van der Waals surface area (Å²) in [6.45, 7) is 1.23. The van der Waals surface area contributed by atoms with Crippen molar-refractivity contribution in [1.29, 1.82) is 0 Å². The average molecular weight is 587 g/mol. The third-order valence-electron chi connectivity index (χ3n) is 9.48. The molecule has 5 rings (SSSR count). The molecule has 2 aliphatic carbocycles. The summed E-state index contributed by atoms with van der Waals surface area (Å²) in [6.07, 6.45) is 12.9. The van der Waals surface area contributed by atoms with Crippen molar-refractivity contribution in [2.75, 3.05) is 30.8 Å². The topological polar surface area (TPSA) is 98.8 Å². The highest BCUT2D eigenvalue weighted by molar-refractivity contribution is 5.98. The Balaban J connectivity index is 1.10. The second kappa shape index (κ2) is 14.7. The van der Waals surface area contributed by atoms with E-state index in [9.17, 15) is 19.2 Å². The van der Waals surface area contributed by atoms with Crippen molar-refractivity contribution in [2.24, 2.45) is 11.8 Å². The number of carbonyl (C=O) groups excluding carboxylic acids is 4. The number of nitrogens with one attached hydrogen (secondary N) is 2. The number of nitrogens with zero attached hydrogens (tertiary/aromatic N) is 2. The van der Waals surface area contributed by atoms with Gasteiger partial charge in [-0.25, -0.2) is 0 Å². The van der Waals surface area contributed by atoms with E-state index in [1.54, 1.807) is 24.3 Å². The third kappa shape index (κ3) is 8.24. The molecule has 0 aromatic heterocycles. The molecular formula is C35H46N4O4. The van der Waals surface area contributed by atoms with Crippen LogP contribution in [0, 0.1) is 11.8 Å². The van der Waals surface area contributed by atoms with Gasteiger partial charge in [0.2, 0.25) is 17.7 Å². The van der Waals surface area contributed by atoms with Gasteiger partial charge in [-0.05, 0) is 74.4 Å². The van der Waals surface area contributed by atoms with Crippen LogP contribution in [0.5, 0.6) is 0 Å². The molecule has 0 spiro atoms. The molecule has 2 aromatic rings. The Labute approximate surface area is 255 Å². The molecule has 1 saturated heterocycles. The molecule has 8 nitrogen and oxygen atoms in total. The van der Waals surface area contributed by atoms with Gasteiger partial charge in [0.25, 0.3) is 5.91 Å². The number of rotatable bonds is 8. The van der Waals surface area contributed by atoms with E-state index < -0.39 is 0 Å². The molecule has 0 bridgehead atoms. The molecular weight excluding hydrogens is 540 g/mol. The minimum absolute atomic E-state index is 0.0163. The average Bonchev–Trinajstić information content (AvgIpc) is 3.05. The number of hydrogen-bond acceptors (Lipinski definition) is 4. The van der Waals surface area contributed by atoms with Gasteiger partial charge in [-0.2, -0.15) is 0 Å². The molecule has 8 heteroatoms. The van der Waals surface area contributed by atoms with Crippen molar-refractivity contribution < 1.29 is 19.2 Å². The zero-order valence-electron chi connectivity index (χ0n) is 25.5. The zero-order chi connectivity index (χ0) is 30.2. The van der Waals surface area contributed by atoms with Gasteiger partial charge in [-0.15, -0.1) is 0 Å². The standard InChI is InChI=1S/C35H46N4O4/c1-38(31-15-6-3-7-16-31)34(42)27-12-8-14-30(23-27)36-32(40)22-25-17-19-29(20-18-25)37-33(41)28-13-9-21-39(24-28)35(43)26-10-4-2-5-11-26/h8,12,14,17-20,23,26,28,31H,2-7,9-11,13,15-16,21-22,24H2,1H3,(H,36,40)(H,37,41). The number of benzene rings is 2. The summed E-state index contributed by atoms with van der Waals surface area (Å²) in [4.78, 5) is 55.7. The number of piperidine rings is 1. The Hall–Kier alpha value is -3.68. The Morgan fingerprint density at radius 2 is 1.44 bits per heavy atom. The van der Waals surface area contributed by atoms with Crippen molar-refractivity contribution in [3.05, 3.63) is 59.7 Å². The van der Waals surface area contributed by atoms with Crippen LogP contribution in [-0.2, 0) is 20.8 Å². The van der Waals surface area contributed by atoms with E-state index in [0.29, 0.717) is 23.5 Å². The van der Waals surface area contributed by atoms with Crippen molar-refractivity contribution in [1.82, 2.24) is 9.80 Å². The molecule has 1 heterocycles. The van der Waals surface area contributed by atoms with Crippen LogP contribution in [0.3, 0.4) is 0 Å². The van der Waals surface area contributed by atoms with E-state index in [0.717, 1.165) is 76.3 Å². The summed E-state index contributed by atoms with van der Waals surface area (Å²) in [7, 11) is 1.87. The molecule has 2 aromatic carbocycles. The SMILES string of the molecule is CN(C(=O)c1cccc(NC(=O)Cc2ccc(NC(=O)C3CCCN(C(=O)C4CCCCC4)C3)cc2)c1)C1CCCCC1. The number of hydrogen-bond donors (Lipinski definition) is 2. The highest BCUT2D eigenvalue weighted by Crippen LogP contribution is 2.28.